The van der Waals surface area contributed by atoms with Gasteiger partial charge >= 0.3 is 0 Å². The molecule has 2 nitrogen and oxygen atoms in total. The molecule has 0 heterocycles. The highest BCUT2D eigenvalue weighted by molar-refractivity contribution is 5.81. The van der Waals surface area contributed by atoms with Gasteiger partial charge in [0.2, 0.25) is 0 Å². The SMILES string of the molecule is C/C=C/N(/C(C)=N\[C@@H](C)CC)C(C)C. The summed E-state index contributed by atoms with van der Waals surface area (Å²) in [5.41, 5.74) is 0. The smallest absolute Gasteiger partial charge is 0.100 e. The molecule has 0 aliphatic heterocycles. The number of amidine groups is 1. The van der Waals surface area contributed by atoms with Gasteiger partial charge in [-0.25, -0.2) is 0 Å². The van der Waals surface area contributed by atoms with E-state index in [9.17, 15) is 0 Å². The van der Waals surface area contributed by atoms with Crippen molar-refractivity contribution in [3.8, 4) is 0 Å². The Kier molecular flexibility index (Phi) is 6.26. The number of aliphatic imine (C=N–C) groups is 1. The minimum absolute atomic E-state index is 0.418. The average Bonchev–Trinajstić information content (AvgIpc) is 2.13. The Labute approximate surface area is 88.7 Å². The van der Waals surface area contributed by atoms with E-state index in [1.807, 2.05) is 6.92 Å². The fourth-order valence-electron chi connectivity index (χ4n) is 1.29. The maximum Gasteiger partial charge on any atom is 0.100 e. The lowest BCUT2D eigenvalue weighted by atomic mass is 10.2. The van der Waals surface area contributed by atoms with Crippen LogP contribution in [0.4, 0.5) is 0 Å². The topological polar surface area (TPSA) is 15.6 Å². The predicted molar refractivity (Wildman–Crippen MR) is 64.7 cm³/mol. The monoisotopic (exact) mass is 196 g/mol. The van der Waals surface area contributed by atoms with Crippen molar-refractivity contribution in [2.45, 2.75) is 60.0 Å². The molecule has 1 atom stereocenters. The van der Waals surface area contributed by atoms with Crippen molar-refractivity contribution in [1.82, 2.24) is 4.90 Å². The molecule has 0 aromatic heterocycles. The van der Waals surface area contributed by atoms with Crippen LogP contribution in [0.1, 0.15) is 48.0 Å². The molecule has 0 spiro atoms. The molecule has 0 N–H and O–H groups in total. The fraction of sp³-hybridized carbons (Fsp3) is 0.750. The van der Waals surface area contributed by atoms with Gasteiger partial charge in [0.25, 0.3) is 0 Å². The Morgan fingerprint density at radius 1 is 1.36 bits per heavy atom. The van der Waals surface area contributed by atoms with Gasteiger partial charge in [0, 0.05) is 18.3 Å². The third kappa shape index (κ3) is 4.45. The van der Waals surface area contributed by atoms with Gasteiger partial charge in [0.1, 0.15) is 5.84 Å². The molecule has 14 heavy (non-hydrogen) atoms. The molecule has 0 radical (unpaired) electrons. The van der Waals surface area contributed by atoms with Crippen molar-refractivity contribution in [2.24, 2.45) is 4.99 Å². The summed E-state index contributed by atoms with van der Waals surface area (Å²) in [6, 6.07) is 0.889. The van der Waals surface area contributed by atoms with E-state index in [4.69, 9.17) is 0 Å². The summed E-state index contributed by atoms with van der Waals surface area (Å²) in [4.78, 5) is 6.83. The summed E-state index contributed by atoms with van der Waals surface area (Å²) >= 11 is 0. The molecular formula is C12H24N2. The van der Waals surface area contributed by atoms with Crippen molar-refractivity contribution in [1.29, 1.82) is 0 Å². The standard InChI is InChI=1S/C12H24N2/c1-7-9-14(10(3)4)12(6)13-11(5)8-2/h7,9-11H,8H2,1-6H3/b9-7+,13-12-/t11-/m0/s1. The van der Waals surface area contributed by atoms with Gasteiger partial charge in [0.05, 0.1) is 0 Å². The van der Waals surface area contributed by atoms with E-state index in [2.05, 4.69) is 56.8 Å². The Hall–Kier alpha value is -0.790. The summed E-state index contributed by atoms with van der Waals surface area (Å²) < 4.78 is 0. The normalized spacial score (nSPS) is 15.2. The Balaban J connectivity index is 4.58. The summed E-state index contributed by atoms with van der Waals surface area (Å²) in [6.45, 7) is 12.8. The Morgan fingerprint density at radius 3 is 2.29 bits per heavy atom. The van der Waals surface area contributed by atoms with E-state index in [0.29, 0.717) is 12.1 Å². The van der Waals surface area contributed by atoms with Crippen LogP contribution in [-0.2, 0) is 0 Å². The van der Waals surface area contributed by atoms with Crippen LogP contribution in [0.15, 0.2) is 17.3 Å². The maximum absolute atomic E-state index is 4.63. The first-order valence-corrected chi connectivity index (χ1v) is 5.48. The first-order valence-electron chi connectivity index (χ1n) is 5.48. The largest absolute Gasteiger partial charge is 0.335 e. The minimum Gasteiger partial charge on any atom is -0.335 e. The molecule has 0 fully saturated rings. The third-order valence-corrected chi connectivity index (χ3v) is 2.24. The molecular weight excluding hydrogens is 172 g/mol. The van der Waals surface area contributed by atoms with E-state index < -0.39 is 0 Å². The second-order valence-corrected chi connectivity index (χ2v) is 3.92. The lowest BCUT2D eigenvalue weighted by molar-refractivity contribution is 0.451. The van der Waals surface area contributed by atoms with Crippen molar-refractivity contribution in [3.05, 3.63) is 12.3 Å². The molecule has 0 aliphatic carbocycles. The predicted octanol–water partition coefficient (Wildman–Crippen LogP) is 3.45. The zero-order chi connectivity index (χ0) is 11.1. The maximum atomic E-state index is 4.63. The van der Waals surface area contributed by atoms with Crippen molar-refractivity contribution in [2.75, 3.05) is 0 Å². The van der Waals surface area contributed by atoms with E-state index in [1.165, 1.54) is 0 Å². The summed E-state index contributed by atoms with van der Waals surface area (Å²) in [5.74, 6) is 1.10. The highest BCUT2D eigenvalue weighted by Crippen LogP contribution is 2.04. The second-order valence-electron chi connectivity index (χ2n) is 3.92. The first-order chi connectivity index (χ1) is 6.52. The highest BCUT2D eigenvalue weighted by atomic mass is 15.2. The molecule has 2 heteroatoms. The molecule has 0 saturated carbocycles. The van der Waals surface area contributed by atoms with Gasteiger partial charge in [-0.15, -0.1) is 0 Å². The molecule has 0 amide bonds. The van der Waals surface area contributed by atoms with Crippen LogP contribution in [0.3, 0.4) is 0 Å². The minimum atomic E-state index is 0.418. The van der Waals surface area contributed by atoms with Gasteiger partial charge in [-0.05, 0) is 41.0 Å². The molecule has 82 valence electrons. The molecule has 0 aliphatic rings. The van der Waals surface area contributed by atoms with E-state index in [1.54, 1.807) is 0 Å². The molecule has 0 aromatic rings. The first kappa shape index (κ1) is 13.2. The third-order valence-electron chi connectivity index (χ3n) is 2.24. The van der Waals surface area contributed by atoms with Gasteiger partial charge < -0.3 is 4.90 Å². The Morgan fingerprint density at radius 2 is 1.93 bits per heavy atom. The number of allylic oxidation sites excluding steroid dienone is 1. The van der Waals surface area contributed by atoms with Crippen LogP contribution in [-0.4, -0.2) is 22.8 Å². The number of hydrogen-bond donors (Lipinski definition) is 0. The van der Waals surface area contributed by atoms with Crippen LogP contribution < -0.4 is 0 Å². The van der Waals surface area contributed by atoms with Crippen LogP contribution in [0.5, 0.6) is 0 Å². The van der Waals surface area contributed by atoms with Crippen LogP contribution in [0.2, 0.25) is 0 Å². The Bertz CT molecular complexity index is 204. The summed E-state index contributed by atoms with van der Waals surface area (Å²) in [5, 5.41) is 0. The van der Waals surface area contributed by atoms with Crippen LogP contribution in [0.25, 0.3) is 0 Å². The van der Waals surface area contributed by atoms with Crippen molar-refractivity contribution in [3.63, 3.8) is 0 Å². The zero-order valence-electron chi connectivity index (χ0n) is 10.4. The van der Waals surface area contributed by atoms with E-state index >= 15 is 0 Å². The quantitative estimate of drug-likeness (QED) is 0.497. The van der Waals surface area contributed by atoms with Gasteiger partial charge in [-0.2, -0.15) is 0 Å². The van der Waals surface area contributed by atoms with Crippen molar-refractivity contribution >= 4 is 5.84 Å². The van der Waals surface area contributed by atoms with Gasteiger partial charge in [-0.1, -0.05) is 13.0 Å². The van der Waals surface area contributed by atoms with Gasteiger partial charge in [0.15, 0.2) is 0 Å². The second kappa shape index (κ2) is 6.63. The van der Waals surface area contributed by atoms with Crippen LogP contribution >= 0.6 is 0 Å². The lowest BCUT2D eigenvalue weighted by Crippen LogP contribution is -2.31. The molecule has 0 aromatic carbocycles. The number of hydrogen-bond acceptors (Lipinski definition) is 1. The van der Waals surface area contributed by atoms with Crippen molar-refractivity contribution < 1.29 is 0 Å². The molecule has 0 rings (SSSR count). The fourth-order valence-corrected chi connectivity index (χ4v) is 1.29. The number of nitrogens with zero attached hydrogens (tertiary/aromatic N) is 2. The summed E-state index contributed by atoms with van der Waals surface area (Å²) in [6.07, 6.45) is 5.24. The van der Waals surface area contributed by atoms with E-state index in [-0.39, 0.29) is 0 Å². The number of rotatable bonds is 4. The molecule has 0 unspecified atom stereocenters. The highest BCUT2D eigenvalue weighted by Gasteiger charge is 2.07. The van der Waals surface area contributed by atoms with E-state index in [0.717, 1.165) is 12.3 Å². The van der Waals surface area contributed by atoms with Gasteiger partial charge in [-0.3, -0.25) is 4.99 Å². The van der Waals surface area contributed by atoms with Crippen LogP contribution in [0, 0.1) is 0 Å². The molecule has 0 saturated heterocycles. The molecule has 0 bridgehead atoms. The summed E-state index contributed by atoms with van der Waals surface area (Å²) in [7, 11) is 0. The zero-order valence-corrected chi connectivity index (χ0v) is 10.4. The average molecular weight is 196 g/mol. The lowest BCUT2D eigenvalue weighted by Gasteiger charge is -2.25.